The predicted octanol–water partition coefficient (Wildman–Crippen LogP) is 8.75. The molecule has 0 spiro atoms. The average molecular weight is 518 g/mol. The highest BCUT2D eigenvalue weighted by atomic mass is 15.1. The van der Waals surface area contributed by atoms with Crippen LogP contribution in [0.1, 0.15) is 29.2 Å². The number of hydrogen-bond acceptors (Lipinski definition) is 1. The second-order valence-electron chi connectivity index (χ2n) is 10.2. The molecule has 5 aromatic rings. The van der Waals surface area contributed by atoms with Crippen LogP contribution < -0.4 is 9.47 Å². The van der Waals surface area contributed by atoms with Gasteiger partial charge in [0.1, 0.15) is 0 Å². The zero-order valence-electron chi connectivity index (χ0n) is 22.8. The van der Waals surface area contributed by atoms with Crippen molar-refractivity contribution in [3.63, 3.8) is 0 Å². The second kappa shape index (κ2) is 11.8. The fourth-order valence-corrected chi connectivity index (χ4v) is 5.24. The molecule has 0 atom stereocenters. The maximum Gasteiger partial charge on any atom is 0.213 e. The molecule has 0 unspecified atom stereocenters. The van der Waals surface area contributed by atoms with Gasteiger partial charge in [-0.2, -0.15) is 4.57 Å². The van der Waals surface area contributed by atoms with Crippen LogP contribution in [0.5, 0.6) is 0 Å². The Morgan fingerprint density at radius 3 is 2.27 bits per heavy atom. The van der Waals surface area contributed by atoms with Gasteiger partial charge in [0.2, 0.25) is 5.52 Å². The molecule has 0 aliphatic carbocycles. The van der Waals surface area contributed by atoms with Gasteiger partial charge in [-0.15, -0.1) is 0 Å². The van der Waals surface area contributed by atoms with Crippen molar-refractivity contribution in [1.82, 2.24) is 0 Å². The normalized spacial score (nSPS) is 14.3. The molecule has 0 saturated heterocycles. The molecule has 0 saturated carbocycles. The third-order valence-electron chi connectivity index (χ3n) is 7.36. The molecule has 6 rings (SSSR count). The van der Waals surface area contributed by atoms with Crippen molar-refractivity contribution in [2.45, 2.75) is 20.0 Å². The number of fused-ring (bicyclic) bond motifs is 2. The molecule has 2 heterocycles. The fraction of sp³-hybridized carbons (Fsp3) is 0.0789. The minimum Gasteiger partial charge on any atom is -0.343 e. The minimum atomic E-state index is 0.857. The summed E-state index contributed by atoms with van der Waals surface area (Å²) in [5.41, 5.74) is 9.98. The molecule has 0 amide bonds. The lowest BCUT2D eigenvalue weighted by atomic mass is 9.98. The summed E-state index contributed by atoms with van der Waals surface area (Å²) < 4.78 is 2.32. The van der Waals surface area contributed by atoms with Crippen molar-refractivity contribution in [2.24, 2.45) is 0 Å². The summed E-state index contributed by atoms with van der Waals surface area (Å²) in [6.07, 6.45) is 15.5. The summed E-state index contributed by atoms with van der Waals surface area (Å²) in [4.78, 5) is 2.32. The molecule has 4 aromatic carbocycles. The smallest absolute Gasteiger partial charge is 0.213 e. The van der Waals surface area contributed by atoms with E-state index < -0.39 is 0 Å². The van der Waals surface area contributed by atoms with Crippen LogP contribution in [0.25, 0.3) is 22.6 Å². The van der Waals surface area contributed by atoms with Crippen molar-refractivity contribution in [2.75, 3.05) is 4.90 Å². The molecule has 0 bridgehead atoms. The first kappa shape index (κ1) is 25.3. The van der Waals surface area contributed by atoms with Gasteiger partial charge >= 0.3 is 0 Å². The number of anilines is 1. The van der Waals surface area contributed by atoms with Crippen molar-refractivity contribution in [1.29, 1.82) is 0 Å². The summed E-state index contributed by atoms with van der Waals surface area (Å²) in [6.45, 7) is 3.87. The highest BCUT2D eigenvalue weighted by Gasteiger charge is 2.16. The Bertz CT molecular complexity index is 1740. The molecule has 194 valence electrons. The quantitative estimate of drug-likeness (QED) is 0.155. The zero-order valence-corrected chi connectivity index (χ0v) is 22.8. The Morgan fingerprint density at radius 2 is 1.45 bits per heavy atom. The van der Waals surface area contributed by atoms with Crippen LogP contribution in [0.15, 0.2) is 158 Å². The summed E-state index contributed by atoms with van der Waals surface area (Å²) in [5.74, 6) is 0. The van der Waals surface area contributed by atoms with E-state index in [0.29, 0.717) is 0 Å². The molecular weight excluding hydrogens is 484 g/mol. The topological polar surface area (TPSA) is 7.12 Å². The first-order valence-electron chi connectivity index (χ1n) is 13.8. The highest BCUT2D eigenvalue weighted by Crippen LogP contribution is 2.33. The molecule has 0 N–H and O–H groups in total. The lowest BCUT2D eigenvalue weighted by molar-refractivity contribution is -0.662. The molecule has 2 nitrogen and oxygen atoms in total. The first-order valence-corrected chi connectivity index (χ1v) is 13.8. The fourth-order valence-electron chi connectivity index (χ4n) is 5.24. The Morgan fingerprint density at radius 1 is 0.750 bits per heavy atom. The van der Waals surface area contributed by atoms with E-state index in [-0.39, 0.29) is 0 Å². The number of rotatable bonds is 7. The molecule has 40 heavy (non-hydrogen) atoms. The van der Waals surface area contributed by atoms with Gasteiger partial charge in [-0.3, -0.25) is 0 Å². The largest absolute Gasteiger partial charge is 0.343 e. The van der Waals surface area contributed by atoms with E-state index >= 15 is 0 Å². The number of benzene rings is 4. The number of nitrogens with zero attached hydrogens (tertiary/aromatic N) is 2. The van der Waals surface area contributed by atoms with Gasteiger partial charge in [-0.25, -0.2) is 0 Å². The van der Waals surface area contributed by atoms with E-state index in [1.165, 1.54) is 50.0 Å². The third-order valence-corrected chi connectivity index (χ3v) is 7.36. The molecule has 2 heteroatoms. The van der Waals surface area contributed by atoms with Gasteiger partial charge in [-0.05, 0) is 41.8 Å². The predicted molar refractivity (Wildman–Crippen MR) is 169 cm³/mol. The second-order valence-corrected chi connectivity index (χ2v) is 10.2. The number of pyridine rings is 1. The third kappa shape index (κ3) is 5.72. The van der Waals surface area contributed by atoms with Crippen LogP contribution in [0.3, 0.4) is 0 Å². The maximum absolute atomic E-state index is 2.32. The Labute approximate surface area is 237 Å². The average Bonchev–Trinajstić information content (AvgIpc) is 3.01. The molecule has 1 aromatic heterocycles. The lowest BCUT2D eigenvalue weighted by Crippen LogP contribution is -2.34. The van der Waals surface area contributed by atoms with Crippen molar-refractivity contribution in [3.8, 4) is 0 Å². The number of allylic oxidation sites excluding steroid dienone is 6. The zero-order chi connectivity index (χ0) is 27.1. The van der Waals surface area contributed by atoms with Gasteiger partial charge in [-0.1, -0.05) is 121 Å². The maximum atomic E-state index is 2.32. The summed E-state index contributed by atoms with van der Waals surface area (Å²) in [7, 11) is 0. The summed E-state index contributed by atoms with van der Waals surface area (Å²) >= 11 is 0. The van der Waals surface area contributed by atoms with Crippen LogP contribution in [0, 0.1) is 0 Å². The molecular formula is C38H33N2+. The van der Waals surface area contributed by atoms with Crippen molar-refractivity contribution in [3.05, 3.63) is 180 Å². The van der Waals surface area contributed by atoms with E-state index in [1.54, 1.807) is 0 Å². The van der Waals surface area contributed by atoms with E-state index in [9.17, 15) is 0 Å². The van der Waals surface area contributed by atoms with Crippen LogP contribution >= 0.6 is 0 Å². The Kier molecular flexibility index (Phi) is 7.50. The highest BCUT2D eigenvalue weighted by molar-refractivity contribution is 5.87. The van der Waals surface area contributed by atoms with Crippen LogP contribution in [0.4, 0.5) is 5.69 Å². The number of para-hydroxylation sites is 2. The van der Waals surface area contributed by atoms with Crippen molar-refractivity contribution >= 4 is 28.2 Å². The lowest BCUT2D eigenvalue weighted by Gasteiger charge is -2.27. The standard InChI is InChI=1S/C38H33N2/c1-30(20-22-33-24-26-39(28-31-12-4-2-5-13-31)37-18-10-8-16-35(33)37)21-23-34-25-27-40(29-32-14-6-3-7-15-32)38-19-11-9-17-36(34)38/h2-27H,28-29H2,1H3/q+1. The van der Waals surface area contributed by atoms with E-state index in [2.05, 4.69) is 174 Å². The van der Waals surface area contributed by atoms with Crippen molar-refractivity contribution < 1.29 is 4.57 Å². The van der Waals surface area contributed by atoms with Gasteiger partial charge < -0.3 is 4.90 Å². The Balaban J connectivity index is 1.23. The molecule has 0 fully saturated rings. The van der Waals surface area contributed by atoms with Gasteiger partial charge in [0, 0.05) is 41.7 Å². The minimum absolute atomic E-state index is 0.857. The van der Waals surface area contributed by atoms with Gasteiger partial charge in [0.25, 0.3) is 0 Å². The Hall–Kier alpha value is -4.95. The van der Waals surface area contributed by atoms with E-state index in [0.717, 1.165) is 13.1 Å². The number of aromatic nitrogens is 1. The van der Waals surface area contributed by atoms with E-state index in [4.69, 9.17) is 0 Å². The van der Waals surface area contributed by atoms with Gasteiger partial charge in [0.15, 0.2) is 12.7 Å². The number of hydrogen-bond donors (Lipinski definition) is 0. The molecule has 1 aliphatic rings. The summed E-state index contributed by atoms with van der Waals surface area (Å²) in [5, 5.41) is 1.26. The van der Waals surface area contributed by atoms with Crippen LogP contribution in [-0.2, 0) is 13.1 Å². The monoisotopic (exact) mass is 517 g/mol. The SMILES string of the molecule is CC(/C=C/c1cc[n+](Cc2ccccc2)c2ccccc12)=C\C=C1\C=CN(Cc2ccccc2)c2ccccc21. The molecule has 1 aliphatic heterocycles. The summed E-state index contributed by atoms with van der Waals surface area (Å²) in [6, 6.07) is 40.8. The van der Waals surface area contributed by atoms with E-state index in [1.807, 2.05) is 0 Å². The molecule has 0 radical (unpaired) electrons. The van der Waals surface area contributed by atoms with Crippen LogP contribution in [-0.4, -0.2) is 0 Å². The van der Waals surface area contributed by atoms with Crippen LogP contribution in [0.2, 0.25) is 0 Å². The first-order chi connectivity index (χ1) is 19.7. The van der Waals surface area contributed by atoms with Gasteiger partial charge in [0.05, 0.1) is 5.39 Å².